The van der Waals surface area contributed by atoms with Crippen LogP contribution in [0.4, 0.5) is 14.5 Å². The van der Waals surface area contributed by atoms with Gasteiger partial charge in [0.1, 0.15) is 5.82 Å². The monoisotopic (exact) mass is 298 g/mol. The number of benzene rings is 1. The van der Waals surface area contributed by atoms with E-state index >= 15 is 0 Å². The number of nitrogens with zero attached hydrogens (tertiary/aromatic N) is 1. The van der Waals surface area contributed by atoms with Gasteiger partial charge in [0.25, 0.3) is 5.91 Å². The van der Waals surface area contributed by atoms with Gasteiger partial charge in [-0.1, -0.05) is 0 Å². The van der Waals surface area contributed by atoms with Gasteiger partial charge in [-0.2, -0.15) is 4.39 Å². The lowest BCUT2D eigenvalue weighted by Crippen LogP contribution is -2.41. The van der Waals surface area contributed by atoms with Crippen molar-refractivity contribution in [3.8, 4) is 0 Å². The Kier molecular flexibility index (Phi) is 3.32. The van der Waals surface area contributed by atoms with Crippen molar-refractivity contribution in [1.29, 1.82) is 0 Å². The summed E-state index contributed by atoms with van der Waals surface area (Å²) in [6.45, 7) is 0. The van der Waals surface area contributed by atoms with Crippen LogP contribution in [0.5, 0.6) is 0 Å². The quantitative estimate of drug-likeness (QED) is 0.683. The fourth-order valence-corrected chi connectivity index (χ4v) is 2.91. The van der Waals surface area contributed by atoms with E-state index in [1.807, 2.05) is 0 Å². The Hall–Kier alpha value is -2.09. The van der Waals surface area contributed by atoms with Crippen LogP contribution in [-0.4, -0.2) is 29.1 Å². The SMILES string of the molecule is O=C(NC1CC2CCC1O2)c1cc(F)cc([N+](=O)[O-])c1F. The van der Waals surface area contributed by atoms with Gasteiger partial charge < -0.3 is 10.1 Å². The molecule has 1 amide bonds. The summed E-state index contributed by atoms with van der Waals surface area (Å²) in [5, 5.41) is 13.2. The first-order valence-corrected chi connectivity index (χ1v) is 6.55. The van der Waals surface area contributed by atoms with Gasteiger partial charge in [0, 0.05) is 0 Å². The summed E-state index contributed by atoms with van der Waals surface area (Å²) in [5.74, 6) is -3.23. The molecule has 0 radical (unpaired) electrons. The Balaban J connectivity index is 1.83. The van der Waals surface area contributed by atoms with E-state index in [9.17, 15) is 23.7 Å². The lowest BCUT2D eigenvalue weighted by atomic mass is 9.95. The molecule has 21 heavy (non-hydrogen) atoms. The van der Waals surface area contributed by atoms with Crippen molar-refractivity contribution in [2.45, 2.75) is 37.5 Å². The second kappa shape index (κ2) is 5.03. The Morgan fingerprint density at radius 1 is 1.38 bits per heavy atom. The third-order valence-electron chi connectivity index (χ3n) is 3.88. The van der Waals surface area contributed by atoms with Crippen LogP contribution in [0.25, 0.3) is 0 Å². The number of amides is 1. The minimum absolute atomic E-state index is 0.0898. The molecule has 0 spiro atoms. The number of ether oxygens (including phenoxy) is 1. The van der Waals surface area contributed by atoms with E-state index in [1.165, 1.54) is 0 Å². The molecule has 3 unspecified atom stereocenters. The summed E-state index contributed by atoms with van der Waals surface area (Å²) in [7, 11) is 0. The van der Waals surface area contributed by atoms with Crippen LogP contribution in [-0.2, 0) is 4.74 Å². The number of carbonyl (C=O) groups is 1. The summed E-state index contributed by atoms with van der Waals surface area (Å²) in [6, 6.07) is 0.844. The number of fused-ring (bicyclic) bond motifs is 2. The molecule has 2 saturated heterocycles. The number of hydrogen-bond donors (Lipinski definition) is 1. The third kappa shape index (κ3) is 2.46. The maximum Gasteiger partial charge on any atom is 0.308 e. The molecule has 0 aromatic heterocycles. The largest absolute Gasteiger partial charge is 0.373 e. The van der Waals surface area contributed by atoms with Gasteiger partial charge >= 0.3 is 5.69 Å². The topological polar surface area (TPSA) is 81.5 Å². The van der Waals surface area contributed by atoms with Crippen molar-refractivity contribution < 1.29 is 23.2 Å². The van der Waals surface area contributed by atoms with E-state index in [2.05, 4.69) is 5.32 Å². The van der Waals surface area contributed by atoms with Gasteiger partial charge in [0.2, 0.25) is 5.82 Å². The van der Waals surface area contributed by atoms with Crippen LogP contribution in [0.3, 0.4) is 0 Å². The molecule has 6 nitrogen and oxygen atoms in total. The molecule has 1 N–H and O–H groups in total. The van der Waals surface area contributed by atoms with Crippen LogP contribution in [0.1, 0.15) is 29.6 Å². The lowest BCUT2D eigenvalue weighted by Gasteiger charge is -2.20. The molecule has 0 aliphatic carbocycles. The molecule has 1 aromatic rings. The first-order chi connectivity index (χ1) is 9.95. The molecule has 2 bridgehead atoms. The maximum absolute atomic E-state index is 13.9. The van der Waals surface area contributed by atoms with Crippen molar-refractivity contribution in [3.63, 3.8) is 0 Å². The zero-order valence-corrected chi connectivity index (χ0v) is 10.8. The Morgan fingerprint density at radius 2 is 2.14 bits per heavy atom. The summed E-state index contributed by atoms with van der Waals surface area (Å²) in [5.41, 5.74) is -1.71. The van der Waals surface area contributed by atoms with E-state index in [-0.39, 0.29) is 18.2 Å². The number of halogens is 2. The van der Waals surface area contributed by atoms with Crippen LogP contribution in [0.15, 0.2) is 12.1 Å². The second-order valence-corrected chi connectivity index (χ2v) is 5.23. The highest BCUT2D eigenvalue weighted by atomic mass is 19.1. The van der Waals surface area contributed by atoms with Crippen LogP contribution in [0, 0.1) is 21.7 Å². The number of nitrogens with one attached hydrogen (secondary N) is 1. The van der Waals surface area contributed by atoms with E-state index in [4.69, 9.17) is 4.74 Å². The number of rotatable bonds is 3. The van der Waals surface area contributed by atoms with Crippen LogP contribution >= 0.6 is 0 Å². The standard InChI is InChI=1S/C13H12F2N2O4/c14-6-3-8(12(15)10(4-6)17(19)20)13(18)16-9-5-7-1-2-11(9)21-7/h3-4,7,9,11H,1-2,5H2,(H,16,18). The molecule has 2 aliphatic heterocycles. The zero-order valence-electron chi connectivity index (χ0n) is 10.8. The number of carbonyl (C=O) groups excluding carboxylic acids is 1. The highest BCUT2D eigenvalue weighted by molar-refractivity contribution is 5.95. The maximum atomic E-state index is 13.9. The van der Waals surface area contributed by atoms with Gasteiger partial charge in [0.05, 0.1) is 34.8 Å². The van der Waals surface area contributed by atoms with Crippen molar-refractivity contribution >= 4 is 11.6 Å². The molecule has 0 saturated carbocycles. The fourth-order valence-electron chi connectivity index (χ4n) is 2.91. The lowest BCUT2D eigenvalue weighted by molar-refractivity contribution is -0.387. The van der Waals surface area contributed by atoms with Gasteiger partial charge in [-0.25, -0.2) is 4.39 Å². The first-order valence-electron chi connectivity index (χ1n) is 6.55. The molecule has 2 aliphatic rings. The van der Waals surface area contributed by atoms with Crippen molar-refractivity contribution in [1.82, 2.24) is 5.32 Å². The second-order valence-electron chi connectivity index (χ2n) is 5.23. The summed E-state index contributed by atoms with van der Waals surface area (Å²) < 4.78 is 32.8. The molecule has 2 fully saturated rings. The molecular weight excluding hydrogens is 286 g/mol. The average Bonchev–Trinajstić information content (AvgIpc) is 3.02. The predicted molar refractivity (Wildman–Crippen MR) is 66.8 cm³/mol. The minimum atomic E-state index is -1.33. The normalized spacial score (nSPS) is 26.9. The van der Waals surface area contributed by atoms with Crippen LogP contribution in [0.2, 0.25) is 0 Å². The summed E-state index contributed by atoms with van der Waals surface area (Å²) >= 11 is 0. The van der Waals surface area contributed by atoms with E-state index in [0.29, 0.717) is 18.6 Å². The van der Waals surface area contributed by atoms with Crippen molar-refractivity contribution in [2.24, 2.45) is 0 Å². The predicted octanol–water partition coefficient (Wildman–Crippen LogP) is 1.92. The third-order valence-corrected chi connectivity index (χ3v) is 3.88. The van der Waals surface area contributed by atoms with E-state index < -0.39 is 33.7 Å². The molecule has 1 aromatic carbocycles. The number of nitro benzene ring substituents is 1. The van der Waals surface area contributed by atoms with Crippen molar-refractivity contribution in [2.75, 3.05) is 0 Å². The average molecular weight is 298 g/mol. The van der Waals surface area contributed by atoms with Crippen molar-refractivity contribution in [3.05, 3.63) is 39.4 Å². The fraction of sp³-hybridized carbons (Fsp3) is 0.462. The molecule has 8 heteroatoms. The minimum Gasteiger partial charge on any atom is -0.373 e. The Bertz CT molecular complexity index is 622. The van der Waals surface area contributed by atoms with Gasteiger partial charge in [-0.05, 0) is 25.3 Å². The number of hydrogen-bond acceptors (Lipinski definition) is 4. The van der Waals surface area contributed by atoms with Gasteiger partial charge in [0.15, 0.2) is 0 Å². The van der Waals surface area contributed by atoms with Crippen LogP contribution < -0.4 is 5.32 Å². The Morgan fingerprint density at radius 3 is 2.71 bits per heavy atom. The van der Waals surface area contributed by atoms with Gasteiger partial charge in [-0.15, -0.1) is 0 Å². The molecule has 3 atom stereocenters. The van der Waals surface area contributed by atoms with E-state index in [1.54, 1.807) is 0 Å². The summed E-state index contributed by atoms with van der Waals surface area (Å²) in [6.07, 6.45) is 2.32. The zero-order chi connectivity index (χ0) is 15.1. The highest BCUT2D eigenvalue weighted by Crippen LogP contribution is 2.34. The first kappa shape index (κ1) is 13.9. The Labute approximate surface area is 118 Å². The molecule has 2 heterocycles. The van der Waals surface area contributed by atoms with Gasteiger partial charge in [-0.3, -0.25) is 14.9 Å². The number of nitro groups is 1. The van der Waals surface area contributed by atoms with E-state index in [0.717, 1.165) is 12.8 Å². The highest BCUT2D eigenvalue weighted by Gasteiger charge is 2.41. The molecule has 3 rings (SSSR count). The smallest absolute Gasteiger partial charge is 0.308 e. The summed E-state index contributed by atoms with van der Waals surface area (Å²) in [4.78, 5) is 21.6. The molecule has 112 valence electrons. The molecular formula is C13H12F2N2O4.